The number of benzene rings is 2. The molecule has 0 spiro atoms. The highest BCUT2D eigenvalue weighted by Gasteiger charge is 2.00. The highest BCUT2D eigenvalue weighted by molar-refractivity contribution is 5.46. The first-order valence-electron chi connectivity index (χ1n) is 7.16. The predicted octanol–water partition coefficient (Wildman–Crippen LogP) is 4.47. The summed E-state index contributed by atoms with van der Waals surface area (Å²) >= 11 is 0. The molecule has 2 rings (SSSR count). The maximum Gasteiger partial charge on any atom is 0.118 e. The molecule has 0 radical (unpaired) electrons. The molecule has 0 saturated heterocycles. The lowest BCUT2D eigenvalue weighted by Gasteiger charge is -2.10. The van der Waals surface area contributed by atoms with Gasteiger partial charge in [0.2, 0.25) is 0 Å². The zero-order valence-corrected chi connectivity index (χ0v) is 12.5. The summed E-state index contributed by atoms with van der Waals surface area (Å²) in [5.74, 6) is 1.48. The van der Waals surface area contributed by atoms with E-state index in [-0.39, 0.29) is 0 Å². The largest absolute Gasteiger partial charge is 0.497 e. The van der Waals surface area contributed by atoms with Gasteiger partial charge >= 0.3 is 0 Å². The van der Waals surface area contributed by atoms with E-state index in [1.165, 1.54) is 16.8 Å². The smallest absolute Gasteiger partial charge is 0.118 e. The normalized spacial score (nSPS) is 10.6. The van der Waals surface area contributed by atoms with Crippen LogP contribution in [0.3, 0.4) is 0 Å². The Hall–Kier alpha value is -1.96. The van der Waals surface area contributed by atoms with Crippen LogP contribution in [0.5, 0.6) is 5.75 Å². The maximum absolute atomic E-state index is 5.16. The molecule has 0 bridgehead atoms. The van der Waals surface area contributed by atoms with Gasteiger partial charge in [-0.05, 0) is 47.7 Å². The lowest BCUT2D eigenvalue weighted by atomic mass is 10.0. The molecule has 0 heterocycles. The lowest BCUT2D eigenvalue weighted by Crippen LogP contribution is -2.05. The Morgan fingerprint density at radius 1 is 1.05 bits per heavy atom. The van der Waals surface area contributed by atoms with E-state index in [1.807, 2.05) is 12.1 Å². The number of hydrogen-bond donors (Lipinski definition) is 1. The van der Waals surface area contributed by atoms with Gasteiger partial charge in [0.05, 0.1) is 7.11 Å². The zero-order chi connectivity index (χ0) is 14.4. The van der Waals surface area contributed by atoms with Crippen molar-refractivity contribution in [2.24, 2.45) is 0 Å². The van der Waals surface area contributed by atoms with E-state index < -0.39 is 0 Å². The second kappa shape index (κ2) is 6.99. The van der Waals surface area contributed by atoms with Gasteiger partial charge in [0.15, 0.2) is 0 Å². The summed E-state index contributed by atoms with van der Waals surface area (Å²) in [5.41, 5.74) is 3.89. The van der Waals surface area contributed by atoms with Crippen LogP contribution in [0, 0.1) is 0 Å². The highest BCUT2D eigenvalue weighted by atomic mass is 16.5. The van der Waals surface area contributed by atoms with Crippen LogP contribution in [0.15, 0.2) is 48.5 Å². The number of nitrogens with one attached hydrogen (secondary N) is 1. The first-order valence-corrected chi connectivity index (χ1v) is 7.16. The standard InChI is InChI=1S/C18H23NO/c1-14(2)16-5-4-6-17(13-16)19-12-11-15-7-9-18(20-3)10-8-15/h4-10,13-14,19H,11-12H2,1-3H3. The average Bonchev–Trinajstić information content (AvgIpc) is 2.48. The Labute approximate surface area is 121 Å². The molecule has 20 heavy (non-hydrogen) atoms. The lowest BCUT2D eigenvalue weighted by molar-refractivity contribution is 0.414. The van der Waals surface area contributed by atoms with Gasteiger partial charge in [-0.25, -0.2) is 0 Å². The molecule has 0 aliphatic carbocycles. The molecular weight excluding hydrogens is 246 g/mol. The minimum absolute atomic E-state index is 0.568. The Kier molecular flexibility index (Phi) is 5.05. The molecule has 2 aromatic carbocycles. The molecule has 0 aliphatic rings. The van der Waals surface area contributed by atoms with Gasteiger partial charge in [0.25, 0.3) is 0 Å². The third-order valence-electron chi connectivity index (χ3n) is 3.46. The first kappa shape index (κ1) is 14.4. The highest BCUT2D eigenvalue weighted by Crippen LogP contribution is 2.18. The van der Waals surface area contributed by atoms with E-state index in [0.717, 1.165) is 18.7 Å². The van der Waals surface area contributed by atoms with Crippen molar-refractivity contribution in [1.29, 1.82) is 0 Å². The van der Waals surface area contributed by atoms with Gasteiger partial charge in [-0.15, -0.1) is 0 Å². The fraction of sp³-hybridized carbons (Fsp3) is 0.333. The van der Waals surface area contributed by atoms with Gasteiger partial charge in [0.1, 0.15) is 5.75 Å². The van der Waals surface area contributed by atoms with Crippen LogP contribution in [0.25, 0.3) is 0 Å². The van der Waals surface area contributed by atoms with Crippen LogP contribution in [-0.4, -0.2) is 13.7 Å². The van der Waals surface area contributed by atoms with Crippen LogP contribution < -0.4 is 10.1 Å². The Balaban J connectivity index is 1.87. The van der Waals surface area contributed by atoms with Crippen LogP contribution >= 0.6 is 0 Å². The van der Waals surface area contributed by atoms with Crippen LogP contribution in [0.2, 0.25) is 0 Å². The van der Waals surface area contributed by atoms with E-state index in [0.29, 0.717) is 5.92 Å². The van der Waals surface area contributed by atoms with Crippen molar-refractivity contribution in [3.05, 3.63) is 59.7 Å². The van der Waals surface area contributed by atoms with Crippen LogP contribution in [-0.2, 0) is 6.42 Å². The number of methoxy groups -OCH3 is 1. The zero-order valence-electron chi connectivity index (χ0n) is 12.5. The Bertz CT molecular complexity index is 531. The molecule has 0 amide bonds. The fourth-order valence-electron chi connectivity index (χ4n) is 2.15. The van der Waals surface area contributed by atoms with Crippen molar-refractivity contribution < 1.29 is 4.74 Å². The van der Waals surface area contributed by atoms with E-state index in [1.54, 1.807) is 7.11 Å². The molecule has 2 nitrogen and oxygen atoms in total. The maximum atomic E-state index is 5.16. The summed E-state index contributed by atoms with van der Waals surface area (Å²) in [5, 5.41) is 3.49. The number of anilines is 1. The van der Waals surface area contributed by atoms with E-state index in [9.17, 15) is 0 Å². The summed E-state index contributed by atoms with van der Waals surface area (Å²) in [4.78, 5) is 0. The second-order valence-corrected chi connectivity index (χ2v) is 5.31. The van der Waals surface area contributed by atoms with Crippen molar-refractivity contribution in [2.75, 3.05) is 19.0 Å². The molecule has 0 atom stereocenters. The average molecular weight is 269 g/mol. The fourth-order valence-corrected chi connectivity index (χ4v) is 2.15. The van der Waals surface area contributed by atoms with Crippen molar-refractivity contribution >= 4 is 5.69 Å². The van der Waals surface area contributed by atoms with Gasteiger partial charge < -0.3 is 10.1 Å². The van der Waals surface area contributed by atoms with Gasteiger partial charge in [-0.3, -0.25) is 0 Å². The Morgan fingerprint density at radius 2 is 1.80 bits per heavy atom. The van der Waals surface area contributed by atoms with E-state index in [2.05, 4.69) is 55.6 Å². The topological polar surface area (TPSA) is 21.3 Å². The third-order valence-corrected chi connectivity index (χ3v) is 3.46. The summed E-state index contributed by atoms with van der Waals surface area (Å²) in [7, 11) is 1.69. The van der Waals surface area contributed by atoms with Crippen LogP contribution in [0.1, 0.15) is 30.9 Å². The monoisotopic (exact) mass is 269 g/mol. The summed E-state index contributed by atoms with van der Waals surface area (Å²) < 4.78 is 5.16. The van der Waals surface area contributed by atoms with E-state index in [4.69, 9.17) is 4.74 Å². The second-order valence-electron chi connectivity index (χ2n) is 5.31. The van der Waals surface area contributed by atoms with Crippen molar-refractivity contribution in [3.63, 3.8) is 0 Å². The SMILES string of the molecule is COc1ccc(CCNc2cccc(C(C)C)c2)cc1. The molecule has 0 aromatic heterocycles. The summed E-state index contributed by atoms with van der Waals surface area (Å²) in [6, 6.07) is 16.9. The Morgan fingerprint density at radius 3 is 2.45 bits per heavy atom. The van der Waals surface area contributed by atoms with Crippen molar-refractivity contribution in [3.8, 4) is 5.75 Å². The van der Waals surface area contributed by atoms with Crippen molar-refractivity contribution in [2.45, 2.75) is 26.2 Å². The molecule has 2 aromatic rings. The van der Waals surface area contributed by atoms with Gasteiger partial charge in [0, 0.05) is 12.2 Å². The minimum Gasteiger partial charge on any atom is -0.497 e. The summed E-state index contributed by atoms with van der Waals surface area (Å²) in [6.45, 7) is 5.38. The molecule has 0 aliphatic heterocycles. The van der Waals surface area contributed by atoms with Crippen LogP contribution in [0.4, 0.5) is 5.69 Å². The molecular formula is C18H23NO. The molecule has 0 unspecified atom stereocenters. The molecule has 0 fully saturated rings. The number of hydrogen-bond acceptors (Lipinski definition) is 2. The van der Waals surface area contributed by atoms with Crippen molar-refractivity contribution in [1.82, 2.24) is 0 Å². The number of ether oxygens (including phenoxy) is 1. The summed E-state index contributed by atoms with van der Waals surface area (Å²) in [6.07, 6.45) is 1.01. The molecule has 1 N–H and O–H groups in total. The third kappa shape index (κ3) is 4.02. The quantitative estimate of drug-likeness (QED) is 0.835. The van der Waals surface area contributed by atoms with Gasteiger partial charge in [-0.2, -0.15) is 0 Å². The first-order chi connectivity index (χ1) is 9.69. The number of rotatable bonds is 6. The van der Waals surface area contributed by atoms with Gasteiger partial charge in [-0.1, -0.05) is 38.1 Å². The minimum atomic E-state index is 0.568. The predicted molar refractivity (Wildman–Crippen MR) is 85.7 cm³/mol. The molecule has 106 valence electrons. The molecule has 0 saturated carbocycles. The van der Waals surface area contributed by atoms with E-state index >= 15 is 0 Å². The molecule has 2 heteroatoms.